The van der Waals surface area contributed by atoms with Crippen LogP contribution in [0.2, 0.25) is 0 Å². The predicted octanol–water partition coefficient (Wildman–Crippen LogP) is 4.38. The average Bonchev–Trinajstić information content (AvgIpc) is 3.21. The van der Waals surface area contributed by atoms with Crippen LogP contribution in [0.5, 0.6) is 0 Å². The lowest BCUT2D eigenvalue weighted by Crippen LogP contribution is -2.25. The Hall–Kier alpha value is -4.37. The monoisotopic (exact) mass is 409 g/mol. The number of hydrogen-bond acceptors (Lipinski definition) is 3. The van der Waals surface area contributed by atoms with E-state index in [0.717, 1.165) is 22.0 Å². The number of benzene rings is 3. The number of rotatable bonds is 6. The van der Waals surface area contributed by atoms with E-state index >= 15 is 0 Å². The normalized spacial score (nSPS) is 10.5. The summed E-state index contributed by atoms with van der Waals surface area (Å²) in [6, 6.07) is 21.7. The fourth-order valence-electron chi connectivity index (χ4n) is 3.56. The molecule has 1 heterocycles. The molecule has 0 fully saturated rings. The first-order chi connectivity index (χ1) is 15.1. The van der Waals surface area contributed by atoms with Gasteiger partial charge in [-0.1, -0.05) is 36.4 Å². The quantitative estimate of drug-likeness (QED) is 0.439. The van der Waals surface area contributed by atoms with Crippen molar-refractivity contribution in [2.45, 2.75) is 6.42 Å². The van der Waals surface area contributed by atoms with Gasteiger partial charge in [0.1, 0.15) is 6.07 Å². The van der Waals surface area contributed by atoms with E-state index in [-0.39, 0.29) is 11.5 Å². The highest BCUT2D eigenvalue weighted by atomic mass is 16.4. The molecule has 0 aliphatic rings. The van der Waals surface area contributed by atoms with Crippen LogP contribution in [0.3, 0.4) is 0 Å². The van der Waals surface area contributed by atoms with Crippen molar-refractivity contribution in [2.24, 2.45) is 0 Å². The number of hydrogen-bond donors (Lipinski definition) is 3. The molecule has 0 saturated heterocycles. The van der Waals surface area contributed by atoms with E-state index in [0.29, 0.717) is 29.7 Å². The summed E-state index contributed by atoms with van der Waals surface area (Å²) in [4.78, 5) is 27.0. The summed E-state index contributed by atoms with van der Waals surface area (Å²) >= 11 is 0. The number of carbonyl (C=O) groups is 2. The summed E-state index contributed by atoms with van der Waals surface area (Å²) in [6.45, 7) is 0.459. The Balaban J connectivity index is 1.41. The number of nitrogens with zero attached hydrogens (tertiary/aromatic N) is 1. The van der Waals surface area contributed by atoms with Crippen LogP contribution in [0.4, 0.5) is 0 Å². The van der Waals surface area contributed by atoms with Crippen molar-refractivity contribution in [3.63, 3.8) is 0 Å². The molecule has 0 spiro atoms. The molecule has 31 heavy (non-hydrogen) atoms. The molecule has 1 amide bonds. The van der Waals surface area contributed by atoms with Crippen LogP contribution in [0.25, 0.3) is 22.0 Å². The minimum Gasteiger partial charge on any atom is -0.478 e. The molecule has 4 rings (SSSR count). The van der Waals surface area contributed by atoms with E-state index in [1.165, 1.54) is 0 Å². The van der Waals surface area contributed by atoms with Crippen molar-refractivity contribution in [2.75, 3.05) is 6.54 Å². The van der Waals surface area contributed by atoms with Crippen LogP contribution in [0.15, 0.2) is 72.9 Å². The number of H-pyrrole nitrogens is 1. The molecule has 6 nitrogen and oxygen atoms in total. The van der Waals surface area contributed by atoms with Gasteiger partial charge in [0, 0.05) is 29.2 Å². The zero-order chi connectivity index (χ0) is 21.8. The van der Waals surface area contributed by atoms with E-state index in [9.17, 15) is 14.7 Å². The summed E-state index contributed by atoms with van der Waals surface area (Å²) in [7, 11) is 0. The predicted molar refractivity (Wildman–Crippen MR) is 118 cm³/mol. The van der Waals surface area contributed by atoms with Gasteiger partial charge in [-0.3, -0.25) is 4.79 Å². The van der Waals surface area contributed by atoms with E-state index < -0.39 is 5.97 Å². The Kier molecular flexibility index (Phi) is 5.50. The third-order valence-corrected chi connectivity index (χ3v) is 5.18. The molecule has 0 bridgehead atoms. The van der Waals surface area contributed by atoms with Crippen molar-refractivity contribution in [3.05, 3.63) is 95.2 Å². The number of nitriles is 1. The molecule has 0 atom stereocenters. The maximum Gasteiger partial charge on any atom is 0.336 e. The summed E-state index contributed by atoms with van der Waals surface area (Å²) < 4.78 is 0. The van der Waals surface area contributed by atoms with Crippen LogP contribution < -0.4 is 5.32 Å². The van der Waals surface area contributed by atoms with Gasteiger partial charge in [-0.15, -0.1) is 0 Å². The molecule has 0 aliphatic carbocycles. The summed E-state index contributed by atoms with van der Waals surface area (Å²) in [5.74, 6) is -1.18. The van der Waals surface area contributed by atoms with Crippen LogP contribution in [-0.2, 0) is 6.42 Å². The summed E-state index contributed by atoms with van der Waals surface area (Å²) in [5.41, 5.74) is 4.62. The van der Waals surface area contributed by atoms with E-state index in [4.69, 9.17) is 5.26 Å². The fraction of sp³-hybridized carbons (Fsp3) is 0.0800. The van der Waals surface area contributed by atoms with E-state index in [1.54, 1.807) is 54.7 Å². The SMILES string of the molecule is N#Cc1c[nH]c2ccc(CCNC(=O)c3ccc(-c4ccccc4C(=O)O)cc3)cc12. The molecular formula is C25H19N3O3. The maximum atomic E-state index is 12.5. The van der Waals surface area contributed by atoms with Crippen LogP contribution in [-0.4, -0.2) is 28.5 Å². The topological polar surface area (TPSA) is 106 Å². The highest BCUT2D eigenvalue weighted by Gasteiger charge is 2.12. The molecule has 6 heteroatoms. The number of fused-ring (bicyclic) bond motifs is 1. The zero-order valence-corrected chi connectivity index (χ0v) is 16.6. The van der Waals surface area contributed by atoms with Gasteiger partial charge < -0.3 is 15.4 Å². The second-order valence-electron chi connectivity index (χ2n) is 7.13. The first-order valence-electron chi connectivity index (χ1n) is 9.78. The number of aromatic nitrogens is 1. The molecule has 0 saturated carbocycles. The van der Waals surface area contributed by atoms with Gasteiger partial charge in [0.25, 0.3) is 5.91 Å². The standard InChI is InChI=1S/C25H19N3O3/c26-14-19-15-28-23-10-5-16(13-22(19)23)11-12-27-24(29)18-8-6-17(7-9-18)20-3-1-2-4-21(20)25(30)31/h1-10,13,15,28H,11-12H2,(H,27,29)(H,30,31). The van der Waals surface area contributed by atoms with Gasteiger partial charge in [0.2, 0.25) is 0 Å². The molecule has 3 N–H and O–H groups in total. The first kappa shape index (κ1) is 19.9. The molecule has 152 valence electrons. The number of carbonyl (C=O) groups excluding carboxylic acids is 1. The Morgan fingerprint density at radius 3 is 2.55 bits per heavy atom. The number of aromatic amines is 1. The van der Waals surface area contributed by atoms with Crippen LogP contribution >= 0.6 is 0 Å². The lowest BCUT2D eigenvalue weighted by atomic mass is 9.98. The van der Waals surface area contributed by atoms with Crippen molar-refractivity contribution >= 4 is 22.8 Å². The van der Waals surface area contributed by atoms with E-state index in [1.807, 2.05) is 18.2 Å². The van der Waals surface area contributed by atoms with Crippen molar-refractivity contribution in [1.29, 1.82) is 5.26 Å². The minimum atomic E-state index is -0.989. The summed E-state index contributed by atoms with van der Waals surface area (Å²) in [6.07, 6.45) is 2.33. The third-order valence-electron chi connectivity index (χ3n) is 5.18. The Labute approximate surface area is 178 Å². The molecule has 3 aromatic carbocycles. The highest BCUT2D eigenvalue weighted by Crippen LogP contribution is 2.24. The Morgan fingerprint density at radius 2 is 1.81 bits per heavy atom. The molecular weight excluding hydrogens is 390 g/mol. The summed E-state index contributed by atoms with van der Waals surface area (Å²) in [5, 5.41) is 22.3. The first-order valence-corrected chi connectivity index (χ1v) is 9.78. The zero-order valence-electron chi connectivity index (χ0n) is 16.6. The second kappa shape index (κ2) is 8.56. The minimum absolute atomic E-state index is 0.196. The van der Waals surface area contributed by atoms with Gasteiger partial charge in [0.05, 0.1) is 11.1 Å². The van der Waals surface area contributed by atoms with Gasteiger partial charge in [-0.25, -0.2) is 4.79 Å². The van der Waals surface area contributed by atoms with Crippen molar-refractivity contribution in [1.82, 2.24) is 10.3 Å². The van der Waals surface area contributed by atoms with E-state index in [2.05, 4.69) is 16.4 Å². The van der Waals surface area contributed by atoms with Gasteiger partial charge in [-0.05, 0) is 53.4 Å². The lowest BCUT2D eigenvalue weighted by molar-refractivity contribution is 0.0697. The second-order valence-corrected chi connectivity index (χ2v) is 7.13. The van der Waals surface area contributed by atoms with Gasteiger partial charge >= 0.3 is 5.97 Å². The Bertz CT molecular complexity index is 1310. The van der Waals surface area contributed by atoms with Crippen molar-refractivity contribution in [3.8, 4) is 17.2 Å². The number of carboxylic acids is 1. The third kappa shape index (κ3) is 4.16. The number of carboxylic acid groups (broad SMARTS) is 1. The molecule has 1 aromatic heterocycles. The van der Waals surface area contributed by atoms with Gasteiger partial charge in [0.15, 0.2) is 0 Å². The van der Waals surface area contributed by atoms with Gasteiger partial charge in [-0.2, -0.15) is 5.26 Å². The smallest absolute Gasteiger partial charge is 0.336 e. The highest BCUT2D eigenvalue weighted by molar-refractivity contribution is 5.97. The number of amides is 1. The molecule has 0 aliphatic heterocycles. The Morgan fingerprint density at radius 1 is 1.03 bits per heavy atom. The number of nitrogens with one attached hydrogen (secondary N) is 2. The van der Waals surface area contributed by atoms with Crippen LogP contribution in [0.1, 0.15) is 31.8 Å². The molecule has 0 unspecified atom stereocenters. The van der Waals surface area contributed by atoms with Crippen LogP contribution in [0, 0.1) is 11.3 Å². The largest absolute Gasteiger partial charge is 0.478 e. The molecule has 0 radical (unpaired) electrons. The average molecular weight is 409 g/mol. The maximum absolute atomic E-state index is 12.5. The lowest BCUT2D eigenvalue weighted by Gasteiger charge is -2.09. The fourth-order valence-corrected chi connectivity index (χ4v) is 3.56. The number of aromatic carboxylic acids is 1. The molecule has 4 aromatic rings. The van der Waals surface area contributed by atoms with Crippen molar-refractivity contribution < 1.29 is 14.7 Å².